The van der Waals surface area contributed by atoms with Crippen LogP contribution in [0.5, 0.6) is 5.75 Å². The lowest BCUT2D eigenvalue weighted by Crippen LogP contribution is -2.10. The van der Waals surface area contributed by atoms with Crippen LogP contribution in [-0.2, 0) is 16.0 Å². The summed E-state index contributed by atoms with van der Waals surface area (Å²) < 4.78 is 48.4. The second-order valence-corrected chi connectivity index (χ2v) is 10.2. The normalized spacial score (nSPS) is 15.3. The smallest absolute Gasteiger partial charge is 0.204 e. The lowest BCUT2D eigenvalue weighted by atomic mass is 9.88. The van der Waals surface area contributed by atoms with Crippen LogP contribution in [-0.4, -0.2) is 35.8 Å². The van der Waals surface area contributed by atoms with Gasteiger partial charge in [-0.05, 0) is 73.6 Å². The highest BCUT2D eigenvalue weighted by atomic mass is 35.5. The van der Waals surface area contributed by atoms with E-state index in [0.29, 0.717) is 24.3 Å². The fourth-order valence-electron chi connectivity index (χ4n) is 5.15. The summed E-state index contributed by atoms with van der Waals surface area (Å²) in [6, 6.07) is 12.0. The van der Waals surface area contributed by atoms with E-state index in [-0.39, 0.29) is 35.9 Å². The van der Waals surface area contributed by atoms with Crippen molar-refractivity contribution in [3.8, 4) is 17.0 Å². The molecular formula is C32H34ClF3N4O3. The lowest BCUT2D eigenvalue weighted by molar-refractivity contribution is -0.107. The highest BCUT2D eigenvalue weighted by Crippen LogP contribution is 2.48. The minimum absolute atomic E-state index is 0.0714. The van der Waals surface area contributed by atoms with E-state index >= 15 is 0 Å². The summed E-state index contributed by atoms with van der Waals surface area (Å²) >= 11 is 4.64. The number of halogens is 4. The molecular weight excluding hydrogens is 581 g/mol. The number of primary amides is 2. The number of nitrogens with two attached hydrogens (primary N) is 2. The number of carbonyl (C=O) groups is 2. The Balaban J connectivity index is 0.000000576. The average molecular weight is 615 g/mol. The number of carbonyl (C=O) groups excluding carboxylic acids is 2. The van der Waals surface area contributed by atoms with Gasteiger partial charge in [0.25, 0.3) is 0 Å². The molecule has 2 aliphatic rings. The Kier molecular flexibility index (Phi) is 11.9. The number of amides is 2. The molecule has 1 aliphatic heterocycles. The summed E-state index contributed by atoms with van der Waals surface area (Å²) in [4.78, 5) is 26.5. The third-order valence-corrected chi connectivity index (χ3v) is 7.20. The van der Waals surface area contributed by atoms with Gasteiger partial charge in [0.1, 0.15) is 17.3 Å². The molecule has 7 nitrogen and oxygen atoms in total. The first-order chi connectivity index (χ1) is 20.7. The highest BCUT2D eigenvalue weighted by Gasteiger charge is 2.36. The zero-order valence-corrected chi connectivity index (χ0v) is 24.9. The maximum Gasteiger partial charge on any atom is 0.204 e. The van der Waals surface area contributed by atoms with E-state index < -0.39 is 17.5 Å². The first-order valence-corrected chi connectivity index (χ1v) is 14.3. The Labute approximate surface area is 253 Å². The molecule has 0 saturated heterocycles. The minimum atomic E-state index is -1.22. The van der Waals surface area contributed by atoms with Crippen LogP contribution in [0.3, 0.4) is 0 Å². The number of rotatable bonds is 5. The fraction of sp³-hybridized carbons (Fsp3) is 0.312. The van der Waals surface area contributed by atoms with Crippen molar-refractivity contribution in [1.29, 1.82) is 0 Å². The lowest BCUT2D eigenvalue weighted by Gasteiger charge is -2.20. The average Bonchev–Trinajstić information content (AvgIpc) is 3.77. The van der Waals surface area contributed by atoms with Crippen molar-refractivity contribution in [3.63, 3.8) is 0 Å². The van der Waals surface area contributed by atoms with E-state index in [1.165, 1.54) is 11.9 Å². The maximum atomic E-state index is 14.8. The molecule has 0 spiro atoms. The quantitative estimate of drug-likeness (QED) is 0.155. The molecule has 2 aromatic carbocycles. The number of pyridine rings is 2. The van der Waals surface area contributed by atoms with Crippen LogP contribution < -0.4 is 16.2 Å². The maximum absolute atomic E-state index is 14.8. The van der Waals surface area contributed by atoms with E-state index in [1.807, 2.05) is 26.1 Å². The van der Waals surface area contributed by atoms with Gasteiger partial charge in [-0.3, -0.25) is 14.6 Å². The molecule has 43 heavy (non-hydrogen) atoms. The Morgan fingerprint density at radius 3 is 2.30 bits per heavy atom. The molecule has 1 saturated carbocycles. The third-order valence-electron chi connectivity index (χ3n) is 7.20. The zero-order chi connectivity index (χ0) is 31.7. The van der Waals surface area contributed by atoms with Gasteiger partial charge in [-0.2, -0.15) is 0 Å². The molecule has 2 amide bonds. The SMILES string of the molecule is CCl.Cc1cnc2ccc(CC(c3cc4c(c(-c5cc(F)c(F)cc5F)n3)OCC4C)C3CC3)cc2c1.NC=O.NC=O. The van der Waals surface area contributed by atoms with Crippen molar-refractivity contribution in [2.24, 2.45) is 17.4 Å². The Hall–Kier alpha value is -4.18. The summed E-state index contributed by atoms with van der Waals surface area (Å²) in [6.07, 6.45) is 6.85. The molecule has 0 radical (unpaired) electrons. The molecule has 3 heterocycles. The van der Waals surface area contributed by atoms with Gasteiger partial charge in [0, 0.05) is 52.7 Å². The predicted molar refractivity (Wildman–Crippen MR) is 161 cm³/mol. The molecule has 2 atom stereocenters. The minimum Gasteiger partial charge on any atom is -0.490 e. The van der Waals surface area contributed by atoms with Gasteiger partial charge in [0.15, 0.2) is 11.6 Å². The fourth-order valence-corrected chi connectivity index (χ4v) is 5.15. The summed E-state index contributed by atoms with van der Waals surface area (Å²) in [5.74, 6) is -1.99. The van der Waals surface area contributed by atoms with Gasteiger partial charge in [-0.15, -0.1) is 11.6 Å². The van der Waals surface area contributed by atoms with Crippen LogP contribution >= 0.6 is 11.6 Å². The first kappa shape index (κ1) is 33.3. The van der Waals surface area contributed by atoms with Crippen LogP contribution in [0.4, 0.5) is 13.2 Å². The van der Waals surface area contributed by atoms with Gasteiger partial charge in [-0.25, -0.2) is 18.2 Å². The number of benzene rings is 2. The van der Waals surface area contributed by atoms with E-state index in [0.717, 1.165) is 53.1 Å². The Bertz CT molecular complexity index is 1580. The highest BCUT2D eigenvalue weighted by molar-refractivity contribution is 6.15. The monoisotopic (exact) mass is 614 g/mol. The van der Waals surface area contributed by atoms with E-state index in [1.54, 1.807) is 0 Å². The molecule has 1 fully saturated rings. The van der Waals surface area contributed by atoms with Gasteiger partial charge in [0.2, 0.25) is 12.8 Å². The van der Waals surface area contributed by atoms with Crippen molar-refractivity contribution in [1.82, 2.24) is 9.97 Å². The standard InChI is InChI=1S/C29H25F3N2O.CH3Cl.2CH3NO/c1-15-7-19-8-17(3-6-26(19)33-13-15)9-21(18-4-5-18)27-11-20-16(2)14-35-29(20)28(34-27)22-10-24(31)25(32)12-23(22)30;1-2;2*2-1-3/h3,6-8,10-13,16,18,21H,4-5,9,14H2,1-2H3;1H3;2*1H,(H2,2,3). The van der Waals surface area contributed by atoms with Crippen LogP contribution in [0, 0.1) is 30.3 Å². The zero-order valence-electron chi connectivity index (χ0n) is 24.1. The number of fused-ring (bicyclic) bond motifs is 2. The van der Waals surface area contributed by atoms with E-state index in [2.05, 4.69) is 52.3 Å². The summed E-state index contributed by atoms with van der Waals surface area (Å²) in [7, 11) is 0. The summed E-state index contributed by atoms with van der Waals surface area (Å²) in [5, 5.41) is 1.10. The number of aryl methyl sites for hydroxylation is 1. The molecule has 1 aliphatic carbocycles. The van der Waals surface area contributed by atoms with Crippen molar-refractivity contribution < 1.29 is 27.5 Å². The van der Waals surface area contributed by atoms with Crippen LogP contribution in [0.15, 0.2) is 48.7 Å². The van der Waals surface area contributed by atoms with Crippen LogP contribution in [0.25, 0.3) is 22.2 Å². The number of hydrogen-bond donors (Lipinski definition) is 2. The Morgan fingerprint density at radius 2 is 1.65 bits per heavy atom. The molecule has 11 heteroatoms. The number of alkyl halides is 1. The largest absolute Gasteiger partial charge is 0.490 e. The van der Waals surface area contributed by atoms with E-state index in [4.69, 9.17) is 19.3 Å². The number of ether oxygens (including phenoxy) is 1. The third kappa shape index (κ3) is 8.01. The number of nitrogens with zero attached hydrogens (tertiary/aromatic N) is 2. The van der Waals surface area contributed by atoms with Gasteiger partial charge < -0.3 is 16.2 Å². The summed E-state index contributed by atoms with van der Waals surface area (Å²) in [5.41, 5.74) is 13.6. The molecule has 2 unspecified atom stereocenters. The van der Waals surface area contributed by atoms with Crippen molar-refractivity contribution in [2.75, 3.05) is 13.0 Å². The van der Waals surface area contributed by atoms with Crippen molar-refractivity contribution in [2.45, 2.75) is 44.9 Å². The molecule has 4 aromatic rings. The predicted octanol–water partition coefficient (Wildman–Crippen LogP) is 6.31. The second kappa shape index (κ2) is 15.3. The van der Waals surface area contributed by atoms with Crippen LogP contribution in [0.1, 0.15) is 54.0 Å². The van der Waals surface area contributed by atoms with Crippen molar-refractivity contribution >= 4 is 35.3 Å². The van der Waals surface area contributed by atoms with E-state index in [9.17, 15) is 13.2 Å². The molecule has 4 N–H and O–H groups in total. The topological polar surface area (TPSA) is 121 Å². The molecule has 6 rings (SSSR count). The second-order valence-electron chi connectivity index (χ2n) is 10.2. The van der Waals surface area contributed by atoms with Gasteiger partial charge >= 0.3 is 0 Å². The number of aromatic nitrogens is 2. The van der Waals surface area contributed by atoms with Crippen LogP contribution in [0.2, 0.25) is 0 Å². The van der Waals surface area contributed by atoms with Crippen molar-refractivity contribution in [3.05, 3.63) is 88.5 Å². The number of hydrogen-bond acceptors (Lipinski definition) is 5. The van der Waals surface area contributed by atoms with Gasteiger partial charge in [-0.1, -0.05) is 13.0 Å². The summed E-state index contributed by atoms with van der Waals surface area (Å²) in [6.45, 7) is 4.53. The van der Waals surface area contributed by atoms with Gasteiger partial charge in [0.05, 0.1) is 12.1 Å². The first-order valence-electron chi connectivity index (χ1n) is 13.6. The molecule has 228 valence electrons. The molecule has 0 bridgehead atoms. The Morgan fingerprint density at radius 1 is 1.00 bits per heavy atom. The molecule has 2 aromatic heterocycles.